The van der Waals surface area contributed by atoms with E-state index >= 15 is 0 Å². The van der Waals surface area contributed by atoms with Gasteiger partial charge in [0, 0.05) is 25.2 Å². The standard InChI is InChI=1S/C18H26N4O2.HI/c19-18(22-10-3-1-2-4-11-22)20-9-12-24-15-6-7-16-14(13-15)5-8-17(23)21-16;/h6-7,13H,1-5,8-12H2,(H2,19,20)(H,21,23);1H. The normalized spacial score (nSPS) is 17.8. The van der Waals surface area contributed by atoms with Crippen LogP contribution in [0.4, 0.5) is 5.69 Å². The van der Waals surface area contributed by atoms with Crippen LogP contribution < -0.4 is 15.8 Å². The highest BCUT2D eigenvalue weighted by atomic mass is 127. The van der Waals surface area contributed by atoms with Crippen molar-refractivity contribution in [3.8, 4) is 5.75 Å². The molecule has 6 nitrogen and oxygen atoms in total. The highest BCUT2D eigenvalue weighted by Gasteiger charge is 2.15. The van der Waals surface area contributed by atoms with E-state index in [-0.39, 0.29) is 29.9 Å². The summed E-state index contributed by atoms with van der Waals surface area (Å²) in [5.41, 5.74) is 8.10. The van der Waals surface area contributed by atoms with E-state index in [1.165, 1.54) is 25.7 Å². The Bertz CT molecular complexity index is 613. The predicted molar refractivity (Wildman–Crippen MR) is 111 cm³/mol. The number of hydrogen-bond donors (Lipinski definition) is 2. The van der Waals surface area contributed by atoms with Crippen LogP contribution in [-0.4, -0.2) is 43.0 Å². The van der Waals surface area contributed by atoms with Crippen LogP contribution in [0.5, 0.6) is 5.75 Å². The molecule has 0 aromatic heterocycles. The van der Waals surface area contributed by atoms with E-state index in [9.17, 15) is 4.79 Å². The summed E-state index contributed by atoms with van der Waals surface area (Å²) in [5, 5.41) is 2.87. The summed E-state index contributed by atoms with van der Waals surface area (Å²) < 4.78 is 5.77. The lowest BCUT2D eigenvalue weighted by Gasteiger charge is -2.21. The molecule has 138 valence electrons. The van der Waals surface area contributed by atoms with Crippen molar-refractivity contribution in [2.24, 2.45) is 10.7 Å². The number of guanidine groups is 1. The van der Waals surface area contributed by atoms with Crippen LogP contribution in [0.1, 0.15) is 37.7 Å². The molecule has 0 radical (unpaired) electrons. The molecule has 2 aliphatic heterocycles. The van der Waals surface area contributed by atoms with Gasteiger partial charge in [0.1, 0.15) is 12.4 Å². The van der Waals surface area contributed by atoms with Gasteiger partial charge in [-0.2, -0.15) is 0 Å². The summed E-state index contributed by atoms with van der Waals surface area (Å²) in [6, 6.07) is 5.78. The van der Waals surface area contributed by atoms with Crippen LogP contribution >= 0.6 is 24.0 Å². The molecule has 1 aromatic carbocycles. The quantitative estimate of drug-likeness (QED) is 0.315. The molecule has 0 spiro atoms. The topological polar surface area (TPSA) is 80.0 Å². The summed E-state index contributed by atoms with van der Waals surface area (Å²) in [7, 11) is 0. The van der Waals surface area contributed by atoms with Crippen LogP contribution in [0.3, 0.4) is 0 Å². The lowest BCUT2D eigenvalue weighted by Crippen LogP contribution is -2.38. The zero-order valence-electron chi connectivity index (χ0n) is 14.5. The third-order valence-corrected chi connectivity index (χ3v) is 4.54. The number of fused-ring (bicyclic) bond motifs is 1. The molecule has 1 aromatic rings. The molecule has 2 aliphatic rings. The lowest BCUT2D eigenvalue weighted by atomic mass is 10.0. The third kappa shape index (κ3) is 5.76. The number of aryl methyl sites for hydroxylation is 1. The number of rotatable bonds is 4. The maximum atomic E-state index is 11.4. The Balaban J connectivity index is 0.00000225. The Morgan fingerprint density at radius 3 is 2.72 bits per heavy atom. The van der Waals surface area contributed by atoms with E-state index < -0.39 is 0 Å². The van der Waals surface area contributed by atoms with Gasteiger partial charge in [-0.1, -0.05) is 12.8 Å². The van der Waals surface area contributed by atoms with Gasteiger partial charge in [0.05, 0.1) is 6.54 Å². The zero-order chi connectivity index (χ0) is 16.8. The molecule has 3 N–H and O–H groups in total. The van der Waals surface area contributed by atoms with Gasteiger partial charge in [-0.25, -0.2) is 4.99 Å². The minimum atomic E-state index is 0. The van der Waals surface area contributed by atoms with Crippen molar-refractivity contribution in [3.63, 3.8) is 0 Å². The van der Waals surface area contributed by atoms with Crippen molar-refractivity contribution in [2.75, 3.05) is 31.6 Å². The summed E-state index contributed by atoms with van der Waals surface area (Å²) >= 11 is 0. The molecule has 0 bridgehead atoms. The smallest absolute Gasteiger partial charge is 0.224 e. The highest BCUT2D eigenvalue weighted by Crippen LogP contribution is 2.26. The number of halogens is 1. The monoisotopic (exact) mass is 458 g/mol. The fourth-order valence-corrected chi connectivity index (χ4v) is 3.17. The first-order chi connectivity index (χ1) is 11.7. The van der Waals surface area contributed by atoms with E-state index in [0.29, 0.717) is 25.5 Å². The first-order valence-electron chi connectivity index (χ1n) is 8.83. The van der Waals surface area contributed by atoms with Crippen molar-refractivity contribution in [2.45, 2.75) is 38.5 Å². The van der Waals surface area contributed by atoms with Gasteiger partial charge in [-0.15, -0.1) is 24.0 Å². The number of nitrogens with one attached hydrogen (secondary N) is 1. The molecule has 3 rings (SSSR count). The largest absolute Gasteiger partial charge is 0.492 e. The minimum Gasteiger partial charge on any atom is -0.492 e. The Hall–Kier alpha value is -1.51. The number of aliphatic imine (C=N–C) groups is 1. The molecule has 7 heteroatoms. The van der Waals surface area contributed by atoms with Crippen LogP contribution in [0.25, 0.3) is 0 Å². The molecule has 1 saturated heterocycles. The molecule has 0 saturated carbocycles. The molecule has 1 fully saturated rings. The van der Waals surface area contributed by atoms with Gasteiger partial charge in [-0.3, -0.25) is 4.79 Å². The molecule has 0 unspecified atom stereocenters. The van der Waals surface area contributed by atoms with Crippen molar-refractivity contribution in [1.29, 1.82) is 0 Å². The molecular formula is C18H27IN4O2. The Morgan fingerprint density at radius 1 is 1.20 bits per heavy atom. The average Bonchev–Trinajstić information content (AvgIpc) is 2.88. The maximum absolute atomic E-state index is 11.4. The summed E-state index contributed by atoms with van der Waals surface area (Å²) in [5.74, 6) is 1.52. The SMILES string of the molecule is I.NC(=NCCOc1ccc2c(c1)CCC(=O)N2)N1CCCCCC1. The van der Waals surface area contributed by atoms with Gasteiger partial charge < -0.3 is 20.7 Å². The number of nitrogens with zero attached hydrogens (tertiary/aromatic N) is 2. The first-order valence-corrected chi connectivity index (χ1v) is 8.83. The number of amides is 1. The summed E-state index contributed by atoms with van der Waals surface area (Å²) in [6.45, 7) is 3.06. The number of anilines is 1. The van der Waals surface area contributed by atoms with Gasteiger partial charge in [-0.05, 0) is 43.0 Å². The number of ether oxygens (including phenoxy) is 1. The van der Waals surface area contributed by atoms with E-state index in [1.54, 1.807) is 0 Å². The van der Waals surface area contributed by atoms with Gasteiger partial charge in [0.15, 0.2) is 5.96 Å². The Labute approximate surface area is 166 Å². The summed E-state index contributed by atoms with van der Waals surface area (Å²) in [4.78, 5) is 18.0. The molecule has 2 heterocycles. The molecule has 25 heavy (non-hydrogen) atoms. The second-order valence-corrected chi connectivity index (χ2v) is 6.36. The van der Waals surface area contributed by atoms with E-state index in [4.69, 9.17) is 10.5 Å². The summed E-state index contributed by atoms with van der Waals surface area (Å²) in [6.07, 6.45) is 6.25. The van der Waals surface area contributed by atoms with Crippen LogP contribution in [0.15, 0.2) is 23.2 Å². The fraction of sp³-hybridized carbons (Fsp3) is 0.556. The number of carbonyl (C=O) groups excluding carboxylic acids is 1. The Kier molecular flexibility index (Phi) is 7.80. The first kappa shape index (κ1) is 19.8. The number of carbonyl (C=O) groups is 1. The van der Waals surface area contributed by atoms with Crippen molar-refractivity contribution in [1.82, 2.24) is 4.90 Å². The molecule has 1 amide bonds. The average molecular weight is 458 g/mol. The molecule has 0 atom stereocenters. The van der Waals surface area contributed by atoms with Crippen molar-refractivity contribution < 1.29 is 9.53 Å². The second-order valence-electron chi connectivity index (χ2n) is 6.36. The van der Waals surface area contributed by atoms with Gasteiger partial charge in [0.2, 0.25) is 5.91 Å². The minimum absolute atomic E-state index is 0. The number of nitrogens with two attached hydrogens (primary N) is 1. The number of benzene rings is 1. The maximum Gasteiger partial charge on any atom is 0.224 e. The zero-order valence-corrected chi connectivity index (χ0v) is 16.8. The predicted octanol–water partition coefficient (Wildman–Crippen LogP) is 2.76. The van der Waals surface area contributed by atoms with Crippen molar-refractivity contribution >= 4 is 41.5 Å². The third-order valence-electron chi connectivity index (χ3n) is 4.54. The molecular weight excluding hydrogens is 431 g/mol. The van der Waals surface area contributed by atoms with Gasteiger partial charge >= 0.3 is 0 Å². The lowest BCUT2D eigenvalue weighted by molar-refractivity contribution is -0.116. The second kappa shape index (κ2) is 9.84. The van der Waals surface area contributed by atoms with Crippen LogP contribution in [0.2, 0.25) is 0 Å². The van der Waals surface area contributed by atoms with Crippen molar-refractivity contribution in [3.05, 3.63) is 23.8 Å². The van der Waals surface area contributed by atoms with E-state index in [1.807, 2.05) is 18.2 Å². The Morgan fingerprint density at radius 2 is 1.96 bits per heavy atom. The molecule has 0 aliphatic carbocycles. The van der Waals surface area contributed by atoms with E-state index in [0.717, 1.165) is 36.5 Å². The fourth-order valence-electron chi connectivity index (χ4n) is 3.17. The van der Waals surface area contributed by atoms with E-state index in [2.05, 4.69) is 15.2 Å². The van der Waals surface area contributed by atoms with Gasteiger partial charge in [0.25, 0.3) is 0 Å². The van der Waals surface area contributed by atoms with Crippen LogP contribution in [-0.2, 0) is 11.2 Å². The number of hydrogen-bond acceptors (Lipinski definition) is 3. The van der Waals surface area contributed by atoms with Crippen LogP contribution in [0, 0.1) is 0 Å². The number of likely N-dealkylation sites (tertiary alicyclic amines) is 1. The highest BCUT2D eigenvalue weighted by molar-refractivity contribution is 14.0.